The van der Waals surface area contributed by atoms with Crippen LogP contribution in [0.2, 0.25) is 0 Å². The summed E-state index contributed by atoms with van der Waals surface area (Å²) in [4.78, 5) is 0. The number of rotatable bonds is 0. The average Bonchev–Trinajstić information content (AvgIpc) is 1.88. The largest absolute Gasteiger partial charge is 0.469 e. The van der Waals surface area contributed by atoms with Crippen LogP contribution < -0.4 is 0 Å². The van der Waals surface area contributed by atoms with Crippen LogP contribution in [0.15, 0.2) is 12.3 Å². The van der Waals surface area contributed by atoms with Crippen LogP contribution in [0.4, 0.5) is 0 Å². The Hall–Kier alpha value is -0.0700. The van der Waals surface area contributed by atoms with Crippen LogP contribution in [-0.4, -0.2) is 16.8 Å². The van der Waals surface area contributed by atoms with Gasteiger partial charge in [0.1, 0.15) is 8.96 Å². The summed E-state index contributed by atoms with van der Waals surface area (Å²) < 4.78 is 7.48. The molecule has 0 spiro atoms. The van der Waals surface area contributed by atoms with Gasteiger partial charge in [0.15, 0.2) is 0 Å². The highest BCUT2D eigenvalue weighted by atomic mass is 31.1. The van der Waals surface area contributed by atoms with Gasteiger partial charge in [-0.1, -0.05) is 0 Å². The van der Waals surface area contributed by atoms with Crippen LogP contribution >= 0.6 is 8.96 Å². The summed E-state index contributed by atoms with van der Waals surface area (Å²) in [7, 11) is 0.491. The Labute approximate surface area is 64.2 Å². The monoisotopic (exact) mass is 159 g/mol. The van der Waals surface area contributed by atoms with E-state index in [1.807, 2.05) is 6.08 Å². The third kappa shape index (κ3) is 1.96. The van der Waals surface area contributed by atoms with Crippen molar-refractivity contribution in [1.29, 1.82) is 0 Å². The maximum absolute atomic E-state index is 5.18. The molecule has 0 fully saturated rings. The first kappa shape index (κ1) is 8.03. The smallest absolute Gasteiger partial charge is 0.149 e. The van der Waals surface area contributed by atoms with Gasteiger partial charge < -0.3 is 4.52 Å². The van der Waals surface area contributed by atoms with Crippen molar-refractivity contribution in [3.05, 3.63) is 12.3 Å². The molecule has 0 aromatic carbocycles. The van der Waals surface area contributed by atoms with Gasteiger partial charge in [-0.25, -0.2) is 4.67 Å². The molecule has 0 aromatic heterocycles. The number of nitrogens with zero attached hydrogens (tertiary/aromatic N) is 1. The molecule has 0 aromatic rings. The molecule has 0 bridgehead atoms. The minimum absolute atomic E-state index is 0.239. The van der Waals surface area contributed by atoms with Gasteiger partial charge in [0.05, 0.1) is 6.26 Å². The van der Waals surface area contributed by atoms with Crippen LogP contribution in [0.1, 0.15) is 20.8 Å². The first-order chi connectivity index (χ1) is 4.61. The summed E-state index contributed by atoms with van der Waals surface area (Å²) in [5, 5.41) is 0. The molecule has 0 N–H and O–H groups in total. The Morgan fingerprint density at radius 1 is 1.50 bits per heavy atom. The quantitative estimate of drug-likeness (QED) is 0.502. The predicted octanol–water partition coefficient (Wildman–Crippen LogP) is 2.14. The summed E-state index contributed by atoms with van der Waals surface area (Å²) in [6.07, 6.45) is 3.82. The minimum Gasteiger partial charge on any atom is -0.469 e. The van der Waals surface area contributed by atoms with Crippen molar-refractivity contribution in [2.45, 2.75) is 26.3 Å². The molecule has 0 aliphatic carbocycles. The molecule has 0 saturated carbocycles. The number of hydrogen-bond donors (Lipinski definition) is 0. The van der Waals surface area contributed by atoms with Crippen molar-refractivity contribution >= 4 is 8.96 Å². The van der Waals surface area contributed by atoms with Gasteiger partial charge in [0, 0.05) is 12.1 Å². The van der Waals surface area contributed by atoms with Gasteiger partial charge >= 0.3 is 0 Å². The van der Waals surface area contributed by atoms with Gasteiger partial charge in [-0.2, -0.15) is 0 Å². The van der Waals surface area contributed by atoms with E-state index in [1.165, 1.54) is 0 Å². The lowest BCUT2D eigenvalue weighted by Gasteiger charge is -2.34. The Balaban J connectivity index is 2.49. The second-order valence-corrected chi connectivity index (χ2v) is 4.32. The standard InChI is InChI=1S/C7H14NOP/c1-7(2,3)8-5-4-6-9-10-8/h4,6,10H,5H2,1-3H3. The van der Waals surface area contributed by atoms with Crippen LogP contribution in [0, 0.1) is 0 Å². The molecule has 1 rings (SSSR count). The molecule has 3 heteroatoms. The average molecular weight is 159 g/mol. The molecule has 1 unspecified atom stereocenters. The lowest BCUT2D eigenvalue weighted by Crippen LogP contribution is -2.36. The molecule has 0 saturated heterocycles. The van der Waals surface area contributed by atoms with Crippen molar-refractivity contribution in [2.75, 3.05) is 6.54 Å². The highest BCUT2D eigenvalue weighted by Gasteiger charge is 2.21. The van der Waals surface area contributed by atoms with E-state index >= 15 is 0 Å². The molecule has 1 aliphatic rings. The molecule has 1 aliphatic heterocycles. The van der Waals surface area contributed by atoms with Crippen molar-refractivity contribution < 1.29 is 4.52 Å². The molecule has 0 radical (unpaired) electrons. The van der Waals surface area contributed by atoms with E-state index in [9.17, 15) is 0 Å². The SMILES string of the molecule is CC(C)(C)N1CC=COP1. The maximum Gasteiger partial charge on any atom is 0.149 e. The Kier molecular flexibility index (Phi) is 2.32. The fourth-order valence-corrected chi connectivity index (χ4v) is 1.48. The predicted molar refractivity (Wildman–Crippen MR) is 45.0 cm³/mol. The van der Waals surface area contributed by atoms with Crippen LogP contribution in [0.25, 0.3) is 0 Å². The summed E-state index contributed by atoms with van der Waals surface area (Å²) in [6.45, 7) is 7.61. The summed E-state index contributed by atoms with van der Waals surface area (Å²) in [5.74, 6) is 0. The molecule has 2 nitrogen and oxygen atoms in total. The van der Waals surface area contributed by atoms with E-state index in [4.69, 9.17) is 4.52 Å². The first-order valence-corrected chi connectivity index (χ1v) is 4.30. The molecule has 58 valence electrons. The van der Waals surface area contributed by atoms with Gasteiger partial charge in [-0.15, -0.1) is 0 Å². The minimum atomic E-state index is 0.239. The van der Waals surface area contributed by atoms with Gasteiger partial charge in [0.2, 0.25) is 0 Å². The second-order valence-electron chi connectivity index (χ2n) is 3.36. The van der Waals surface area contributed by atoms with E-state index in [0.29, 0.717) is 8.96 Å². The highest BCUT2D eigenvalue weighted by molar-refractivity contribution is 7.29. The molecular weight excluding hydrogens is 145 g/mol. The zero-order chi connectivity index (χ0) is 7.61. The van der Waals surface area contributed by atoms with E-state index in [2.05, 4.69) is 25.4 Å². The van der Waals surface area contributed by atoms with Crippen LogP contribution in [0.5, 0.6) is 0 Å². The highest BCUT2D eigenvalue weighted by Crippen LogP contribution is 2.31. The van der Waals surface area contributed by atoms with Gasteiger partial charge in [-0.3, -0.25) is 0 Å². The molecule has 0 amide bonds. The Bertz CT molecular complexity index is 139. The third-order valence-electron chi connectivity index (χ3n) is 1.42. The normalized spacial score (nSPS) is 23.1. The van der Waals surface area contributed by atoms with Crippen molar-refractivity contribution in [3.8, 4) is 0 Å². The molecule has 10 heavy (non-hydrogen) atoms. The maximum atomic E-state index is 5.18. The summed E-state index contributed by atoms with van der Waals surface area (Å²) >= 11 is 0. The molecular formula is C7H14NOP. The fourth-order valence-electron chi connectivity index (χ4n) is 0.739. The van der Waals surface area contributed by atoms with Crippen molar-refractivity contribution in [2.24, 2.45) is 0 Å². The second kappa shape index (κ2) is 2.89. The van der Waals surface area contributed by atoms with Crippen LogP contribution in [0.3, 0.4) is 0 Å². The van der Waals surface area contributed by atoms with Gasteiger partial charge in [-0.05, 0) is 26.8 Å². The van der Waals surface area contributed by atoms with Crippen molar-refractivity contribution in [3.63, 3.8) is 0 Å². The Morgan fingerprint density at radius 3 is 2.50 bits per heavy atom. The van der Waals surface area contributed by atoms with Crippen molar-refractivity contribution in [1.82, 2.24) is 4.67 Å². The zero-order valence-electron chi connectivity index (χ0n) is 6.72. The third-order valence-corrected chi connectivity index (χ3v) is 2.74. The summed E-state index contributed by atoms with van der Waals surface area (Å²) in [6, 6.07) is 0. The topological polar surface area (TPSA) is 12.5 Å². The fraction of sp³-hybridized carbons (Fsp3) is 0.714. The molecule has 1 atom stereocenters. The van der Waals surface area contributed by atoms with E-state index < -0.39 is 0 Å². The summed E-state index contributed by atoms with van der Waals surface area (Å²) in [5.41, 5.74) is 0.239. The van der Waals surface area contributed by atoms with Gasteiger partial charge in [0.25, 0.3) is 0 Å². The molecule has 1 heterocycles. The number of hydrogen-bond acceptors (Lipinski definition) is 2. The van der Waals surface area contributed by atoms with E-state index in [1.54, 1.807) is 6.26 Å². The van der Waals surface area contributed by atoms with Crippen LogP contribution in [-0.2, 0) is 4.52 Å². The first-order valence-electron chi connectivity index (χ1n) is 3.44. The lowest BCUT2D eigenvalue weighted by molar-refractivity contribution is 0.258. The van der Waals surface area contributed by atoms with E-state index in [0.717, 1.165) is 6.54 Å². The zero-order valence-corrected chi connectivity index (χ0v) is 7.72. The lowest BCUT2D eigenvalue weighted by atomic mass is 10.1. The van der Waals surface area contributed by atoms with E-state index in [-0.39, 0.29) is 5.54 Å². The Morgan fingerprint density at radius 2 is 2.20 bits per heavy atom.